The number of hydrogen-bond donors (Lipinski definition) is 1. The summed E-state index contributed by atoms with van der Waals surface area (Å²) in [5.74, 6) is -0.117. The van der Waals surface area contributed by atoms with Gasteiger partial charge in [-0.15, -0.1) is 5.10 Å². The summed E-state index contributed by atoms with van der Waals surface area (Å²) in [4.78, 5) is 13.4. The van der Waals surface area contributed by atoms with Crippen LogP contribution < -0.4 is 5.73 Å². The Morgan fingerprint density at radius 3 is 2.87 bits per heavy atom. The first kappa shape index (κ1) is 11.6. The zero-order chi connectivity index (χ0) is 11.4. The van der Waals surface area contributed by atoms with E-state index < -0.39 is 0 Å². The van der Waals surface area contributed by atoms with Gasteiger partial charge in [0.05, 0.1) is 12.7 Å². The fraction of sp³-hybridized carbons (Fsp3) is 0.667. The monoisotopic (exact) mass is 211 g/mol. The fourth-order valence-corrected chi connectivity index (χ4v) is 1.05. The molecule has 0 radical (unpaired) electrons. The van der Waals surface area contributed by atoms with Gasteiger partial charge in [-0.25, -0.2) is 0 Å². The van der Waals surface area contributed by atoms with Crippen LogP contribution in [-0.2, 0) is 6.54 Å². The lowest BCUT2D eigenvalue weighted by Crippen LogP contribution is -2.33. The van der Waals surface area contributed by atoms with Crippen molar-refractivity contribution in [1.29, 1.82) is 0 Å². The van der Waals surface area contributed by atoms with E-state index in [1.54, 1.807) is 22.8 Å². The number of carbonyl (C=O) groups excluding carboxylic acids is 1. The van der Waals surface area contributed by atoms with Gasteiger partial charge < -0.3 is 10.6 Å². The Bertz CT molecular complexity index is 333. The average Bonchev–Trinajstić information content (AvgIpc) is 2.64. The second-order valence-electron chi connectivity index (χ2n) is 3.67. The molecule has 1 rings (SSSR count). The Morgan fingerprint density at radius 1 is 1.67 bits per heavy atom. The van der Waals surface area contributed by atoms with E-state index in [-0.39, 0.29) is 11.9 Å². The summed E-state index contributed by atoms with van der Waals surface area (Å²) < 4.78 is 1.57. The Labute approximate surface area is 89.0 Å². The predicted octanol–water partition coefficient (Wildman–Crippen LogP) is -0.283. The van der Waals surface area contributed by atoms with E-state index in [1.165, 1.54) is 0 Å². The van der Waals surface area contributed by atoms with Gasteiger partial charge >= 0.3 is 0 Å². The molecular weight excluding hydrogens is 194 g/mol. The zero-order valence-electron chi connectivity index (χ0n) is 9.34. The van der Waals surface area contributed by atoms with Gasteiger partial charge in [0.15, 0.2) is 5.69 Å². The van der Waals surface area contributed by atoms with Crippen molar-refractivity contribution in [1.82, 2.24) is 19.9 Å². The Kier molecular flexibility index (Phi) is 3.79. The van der Waals surface area contributed by atoms with Crippen LogP contribution in [0, 0.1) is 0 Å². The molecule has 15 heavy (non-hydrogen) atoms. The number of nitrogens with two attached hydrogens (primary N) is 1. The second-order valence-corrected chi connectivity index (χ2v) is 3.67. The van der Waals surface area contributed by atoms with Crippen molar-refractivity contribution < 1.29 is 4.79 Å². The molecule has 0 aliphatic rings. The van der Waals surface area contributed by atoms with Gasteiger partial charge in [-0.2, -0.15) is 0 Å². The molecule has 0 aliphatic heterocycles. The largest absolute Gasteiger partial charge is 0.338 e. The average molecular weight is 211 g/mol. The highest BCUT2D eigenvalue weighted by molar-refractivity contribution is 5.91. The lowest BCUT2D eigenvalue weighted by molar-refractivity contribution is 0.0749. The van der Waals surface area contributed by atoms with E-state index in [4.69, 9.17) is 5.73 Å². The molecule has 84 valence electrons. The first-order valence-electron chi connectivity index (χ1n) is 4.93. The van der Waals surface area contributed by atoms with Crippen LogP contribution in [0.5, 0.6) is 0 Å². The van der Waals surface area contributed by atoms with Crippen LogP contribution >= 0.6 is 0 Å². The Morgan fingerprint density at radius 2 is 2.33 bits per heavy atom. The minimum atomic E-state index is -0.117. The lowest BCUT2D eigenvalue weighted by atomic mass is 10.3. The van der Waals surface area contributed by atoms with Gasteiger partial charge in [-0.3, -0.25) is 9.48 Å². The first-order chi connectivity index (χ1) is 7.06. The Balaban J connectivity index is 2.74. The van der Waals surface area contributed by atoms with E-state index in [0.29, 0.717) is 18.8 Å². The molecule has 6 nitrogen and oxygen atoms in total. The minimum absolute atomic E-state index is 0.117. The molecule has 6 heteroatoms. The van der Waals surface area contributed by atoms with Crippen LogP contribution in [0.4, 0.5) is 0 Å². The topological polar surface area (TPSA) is 77.0 Å². The maximum atomic E-state index is 11.8. The fourth-order valence-electron chi connectivity index (χ4n) is 1.05. The quantitative estimate of drug-likeness (QED) is 0.743. The number of nitrogens with zero attached hydrogens (tertiary/aromatic N) is 4. The Hall–Kier alpha value is -1.43. The smallest absolute Gasteiger partial charge is 0.276 e. The van der Waals surface area contributed by atoms with Crippen LogP contribution in [-0.4, -0.2) is 45.4 Å². The van der Waals surface area contributed by atoms with Crippen molar-refractivity contribution in [2.45, 2.75) is 26.4 Å². The van der Waals surface area contributed by atoms with Crippen molar-refractivity contribution >= 4 is 5.91 Å². The summed E-state index contributed by atoms with van der Waals surface area (Å²) in [5.41, 5.74) is 5.73. The molecule has 0 atom stereocenters. The van der Waals surface area contributed by atoms with E-state index in [2.05, 4.69) is 10.3 Å². The molecule has 1 aromatic heterocycles. The molecule has 0 bridgehead atoms. The van der Waals surface area contributed by atoms with Crippen molar-refractivity contribution in [2.24, 2.45) is 5.73 Å². The summed E-state index contributed by atoms with van der Waals surface area (Å²) in [6, 6.07) is 0.150. The highest BCUT2D eigenvalue weighted by Crippen LogP contribution is 2.02. The van der Waals surface area contributed by atoms with Gasteiger partial charge in [0.2, 0.25) is 0 Å². The third-order valence-corrected chi connectivity index (χ3v) is 2.21. The van der Waals surface area contributed by atoms with Gasteiger partial charge in [0.1, 0.15) is 0 Å². The third-order valence-electron chi connectivity index (χ3n) is 2.21. The molecule has 0 spiro atoms. The number of carbonyl (C=O) groups is 1. The van der Waals surface area contributed by atoms with Crippen LogP contribution in [0.1, 0.15) is 24.3 Å². The number of amides is 1. The lowest BCUT2D eigenvalue weighted by Gasteiger charge is -2.19. The first-order valence-corrected chi connectivity index (χ1v) is 4.93. The molecule has 0 fully saturated rings. The standard InChI is InChI=1S/C9H17N5O/c1-7(2)13(3)9(15)8-6-14(5-4-10)12-11-8/h6-7H,4-5,10H2,1-3H3. The van der Waals surface area contributed by atoms with Crippen molar-refractivity contribution in [2.75, 3.05) is 13.6 Å². The summed E-state index contributed by atoms with van der Waals surface area (Å²) in [5, 5.41) is 7.61. The van der Waals surface area contributed by atoms with Gasteiger partial charge in [0.25, 0.3) is 5.91 Å². The third kappa shape index (κ3) is 2.76. The van der Waals surface area contributed by atoms with Crippen molar-refractivity contribution in [3.8, 4) is 0 Å². The van der Waals surface area contributed by atoms with E-state index in [1.807, 2.05) is 13.8 Å². The maximum Gasteiger partial charge on any atom is 0.276 e. The van der Waals surface area contributed by atoms with Crippen molar-refractivity contribution in [3.05, 3.63) is 11.9 Å². The highest BCUT2D eigenvalue weighted by Gasteiger charge is 2.17. The zero-order valence-corrected chi connectivity index (χ0v) is 9.34. The summed E-state index contributed by atoms with van der Waals surface area (Å²) in [6.45, 7) is 4.95. The van der Waals surface area contributed by atoms with E-state index in [0.717, 1.165) is 0 Å². The molecular formula is C9H17N5O. The van der Waals surface area contributed by atoms with Crippen LogP contribution in [0.3, 0.4) is 0 Å². The number of hydrogen-bond acceptors (Lipinski definition) is 4. The summed E-state index contributed by atoms with van der Waals surface area (Å²) in [6.07, 6.45) is 1.62. The minimum Gasteiger partial charge on any atom is -0.338 e. The molecule has 2 N–H and O–H groups in total. The molecule has 0 aromatic carbocycles. The van der Waals surface area contributed by atoms with Gasteiger partial charge in [-0.05, 0) is 13.8 Å². The van der Waals surface area contributed by atoms with Crippen LogP contribution in [0.2, 0.25) is 0 Å². The number of aromatic nitrogens is 3. The van der Waals surface area contributed by atoms with E-state index in [9.17, 15) is 4.79 Å². The predicted molar refractivity (Wildman–Crippen MR) is 56.3 cm³/mol. The number of rotatable bonds is 4. The summed E-state index contributed by atoms with van der Waals surface area (Å²) in [7, 11) is 1.74. The van der Waals surface area contributed by atoms with Gasteiger partial charge in [-0.1, -0.05) is 5.21 Å². The normalized spacial score (nSPS) is 10.7. The molecule has 0 saturated heterocycles. The molecule has 1 aromatic rings. The molecule has 1 amide bonds. The highest BCUT2D eigenvalue weighted by atomic mass is 16.2. The van der Waals surface area contributed by atoms with Gasteiger partial charge in [0, 0.05) is 19.6 Å². The maximum absolute atomic E-state index is 11.8. The van der Waals surface area contributed by atoms with Crippen LogP contribution in [0.15, 0.2) is 6.20 Å². The van der Waals surface area contributed by atoms with Crippen molar-refractivity contribution in [3.63, 3.8) is 0 Å². The molecule has 0 saturated carbocycles. The molecule has 0 aliphatic carbocycles. The molecule has 0 unspecified atom stereocenters. The summed E-state index contributed by atoms with van der Waals surface area (Å²) >= 11 is 0. The second kappa shape index (κ2) is 4.88. The van der Waals surface area contributed by atoms with Crippen LogP contribution in [0.25, 0.3) is 0 Å². The SMILES string of the molecule is CC(C)N(C)C(=O)c1cn(CCN)nn1. The van der Waals surface area contributed by atoms with E-state index >= 15 is 0 Å². The molecule has 1 heterocycles.